The lowest BCUT2D eigenvalue weighted by Crippen LogP contribution is -2.30. The van der Waals surface area contributed by atoms with Crippen molar-refractivity contribution in [3.05, 3.63) is 16.0 Å². The molecule has 2 heterocycles. The minimum atomic E-state index is 0.306. The van der Waals surface area contributed by atoms with Gasteiger partial charge in [0.1, 0.15) is 17.3 Å². The van der Waals surface area contributed by atoms with Gasteiger partial charge >= 0.3 is 0 Å². The molecule has 1 atom stereocenters. The van der Waals surface area contributed by atoms with Crippen molar-refractivity contribution in [2.75, 3.05) is 18.5 Å². The van der Waals surface area contributed by atoms with Crippen LogP contribution in [-0.4, -0.2) is 29.2 Å². The zero-order valence-electron chi connectivity index (χ0n) is 8.04. The Labute approximate surface area is 102 Å². The summed E-state index contributed by atoms with van der Waals surface area (Å²) in [5, 5.41) is 3.70. The van der Waals surface area contributed by atoms with E-state index in [9.17, 15) is 0 Å². The zero-order chi connectivity index (χ0) is 10.7. The minimum absolute atomic E-state index is 0.306. The molecule has 0 amide bonds. The van der Waals surface area contributed by atoms with Gasteiger partial charge in [0.2, 0.25) is 0 Å². The van der Waals surface area contributed by atoms with E-state index in [4.69, 9.17) is 16.3 Å². The van der Waals surface area contributed by atoms with E-state index in [-0.39, 0.29) is 0 Å². The SMILES string of the molecule is Clc1ncnc(NC2CCCOC2)c1Br. The van der Waals surface area contributed by atoms with Gasteiger partial charge in [-0.15, -0.1) is 0 Å². The number of nitrogens with one attached hydrogen (secondary N) is 1. The van der Waals surface area contributed by atoms with Crippen LogP contribution in [-0.2, 0) is 4.74 Å². The first-order chi connectivity index (χ1) is 7.27. The average molecular weight is 293 g/mol. The Balaban J connectivity index is 2.06. The van der Waals surface area contributed by atoms with E-state index in [2.05, 4.69) is 31.2 Å². The first-order valence-electron chi connectivity index (χ1n) is 4.77. The van der Waals surface area contributed by atoms with E-state index in [0.717, 1.165) is 25.3 Å². The van der Waals surface area contributed by atoms with Crippen LogP contribution in [0.2, 0.25) is 5.15 Å². The van der Waals surface area contributed by atoms with Gasteiger partial charge in [0.25, 0.3) is 0 Å². The topological polar surface area (TPSA) is 47.0 Å². The molecule has 0 spiro atoms. The molecule has 0 aromatic carbocycles. The predicted octanol–water partition coefficient (Wildman–Crippen LogP) is 2.48. The molecule has 2 rings (SSSR count). The quantitative estimate of drug-likeness (QED) is 0.851. The van der Waals surface area contributed by atoms with E-state index in [0.29, 0.717) is 22.3 Å². The Bertz CT molecular complexity index is 344. The number of halogens is 2. The van der Waals surface area contributed by atoms with Crippen molar-refractivity contribution in [2.24, 2.45) is 0 Å². The molecule has 1 aliphatic heterocycles. The lowest BCUT2D eigenvalue weighted by molar-refractivity contribution is 0.0875. The fourth-order valence-electron chi connectivity index (χ4n) is 1.50. The molecule has 1 fully saturated rings. The second kappa shape index (κ2) is 5.09. The second-order valence-corrected chi connectivity index (χ2v) is 4.54. The molecule has 4 nitrogen and oxygen atoms in total. The van der Waals surface area contributed by atoms with Crippen LogP contribution in [0.4, 0.5) is 5.82 Å². The summed E-state index contributed by atoms with van der Waals surface area (Å²) in [6.45, 7) is 1.57. The van der Waals surface area contributed by atoms with Gasteiger partial charge in [-0.2, -0.15) is 0 Å². The summed E-state index contributed by atoms with van der Waals surface area (Å²) < 4.78 is 6.08. The molecule has 1 N–H and O–H groups in total. The van der Waals surface area contributed by atoms with E-state index in [1.165, 1.54) is 6.33 Å². The van der Waals surface area contributed by atoms with Gasteiger partial charge in [0.15, 0.2) is 0 Å². The Morgan fingerprint density at radius 2 is 2.40 bits per heavy atom. The number of nitrogens with zero attached hydrogens (tertiary/aromatic N) is 2. The van der Waals surface area contributed by atoms with Crippen molar-refractivity contribution in [3.8, 4) is 0 Å². The van der Waals surface area contributed by atoms with E-state index in [1.54, 1.807) is 0 Å². The van der Waals surface area contributed by atoms with Crippen molar-refractivity contribution in [1.29, 1.82) is 0 Å². The third-order valence-electron chi connectivity index (χ3n) is 2.25. The van der Waals surface area contributed by atoms with Crippen LogP contribution in [0.1, 0.15) is 12.8 Å². The molecular formula is C9H11BrClN3O. The fraction of sp³-hybridized carbons (Fsp3) is 0.556. The van der Waals surface area contributed by atoms with Crippen LogP contribution in [0.5, 0.6) is 0 Å². The molecule has 1 saturated heterocycles. The molecule has 0 bridgehead atoms. The standard InChI is InChI=1S/C9H11BrClN3O/c10-7-8(11)12-5-13-9(7)14-6-2-1-3-15-4-6/h5-6H,1-4H2,(H,12,13,14). The lowest BCUT2D eigenvalue weighted by atomic mass is 10.1. The van der Waals surface area contributed by atoms with Gasteiger partial charge in [-0.1, -0.05) is 11.6 Å². The first-order valence-corrected chi connectivity index (χ1v) is 5.95. The highest BCUT2D eigenvalue weighted by atomic mass is 79.9. The average Bonchev–Trinajstić information content (AvgIpc) is 2.26. The fourth-order valence-corrected chi connectivity index (χ4v) is 1.95. The Morgan fingerprint density at radius 1 is 1.53 bits per heavy atom. The van der Waals surface area contributed by atoms with Crippen LogP contribution in [0.15, 0.2) is 10.8 Å². The van der Waals surface area contributed by atoms with Gasteiger partial charge < -0.3 is 10.1 Å². The number of rotatable bonds is 2. The predicted molar refractivity (Wildman–Crippen MR) is 62.2 cm³/mol. The Kier molecular flexibility index (Phi) is 3.77. The Hall–Kier alpha value is -0.390. The zero-order valence-corrected chi connectivity index (χ0v) is 10.4. The second-order valence-electron chi connectivity index (χ2n) is 3.39. The molecular weight excluding hydrogens is 281 g/mol. The van der Waals surface area contributed by atoms with Crippen LogP contribution in [0, 0.1) is 0 Å². The molecule has 1 aromatic heterocycles. The molecule has 0 aliphatic carbocycles. The third kappa shape index (κ3) is 2.80. The van der Waals surface area contributed by atoms with Crippen molar-refractivity contribution in [3.63, 3.8) is 0 Å². The molecule has 1 aromatic rings. The number of ether oxygens (including phenoxy) is 1. The summed E-state index contributed by atoms with van der Waals surface area (Å²) in [4.78, 5) is 7.99. The lowest BCUT2D eigenvalue weighted by Gasteiger charge is -2.23. The van der Waals surface area contributed by atoms with Gasteiger partial charge in [-0.25, -0.2) is 9.97 Å². The number of aromatic nitrogens is 2. The molecule has 82 valence electrons. The highest BCUT2D eigenvalue weighted by molar-refractivity contribution is 9.10. The summed E-state index contributed by atoms with van der Waals surface area (Å²) in [6.07, 6.45) is 3.61. The maximum Gasteiger partial charge on any atom is 0.148 e. The van der Waals surface area contributed by atoms with E-state index < -0.39 is 0 Å². The summed E-state index contributed by atoms with van der Waals surface area (Å²) in [5.74, 6) is 0.727. The molecule has 1 unspecified atom stereocenters. The van der Waals surface area contributed by atoms with E-state index in [1.807, 2.05) is 0 Å². The van der Waals surface area contributed by atoms with Crippen molar-refractivity contribution >= 4 is 33.3 Å². The van der Waals surface area contributed by atoms with Crippen LogP contribution in [0.25, 0.3) is 0 Å². The van der Waals surface area contributed by atoms with Gasteiger partial charge in [-0.05, 0) is 28.8 Å². The molecule has 6 heteroatoms. The maximum absolute atomic E-state index is 5.86. The monoisotopic (exact) mass is 291 g/mol. The highest BCUT2D eigenvalue weighted by Gasteiger charge is 2.16. The number of anilines is 1. The molecule has 1 aliphatic rings. The summed E-state index contributed by atoms with van der Waals surface area (Å²) in [5.41, 5.74) is 0. The van der Waals surface area contributed by atoms with Gasteiger partial charge in [0.05, 0.1) is 17.1 Å². The van der Waals surface area contributed by atoms with Crippen molar-refractivity contribution in [1.82, 2.24) is 9.97 Å². The van der Waals surface area contributed by atoms with Crippen LogP contribution in [0.3, 0.4) is 0 Å². The van der Waals surface area contributed by atoms with Gasteiger partial charge in [-0.3, -0.25) is 0 Å². The maximum atomic E-state index is 5.86. The summed E-state index contributed by atoms with van der Waals surface area (Å²) in [7, 11) is 0. The normalized spacial score (nSPS) is 21.3. The number of hydrogen-bond acceptors (Lipinski definition) is 4. The smallest absolute Gasteiger partial charge is 0.148 e. The molecule has 0 radical (unpaired) electrons. The minimum Gasteiger partial charge on any atom is -0.379 e. The third-order valence-corrected chi connectivity index (χ3v) is 3.51. The highest BCUT2D eigenvalue weighted by Crippen LogP contribution is 2.27. The number of hydrogen-bond donors (Lipinski definition) is 1. The van der Waals surface area contributed by atoms with E-state index >= 15 is 0 Å². The van der Waals surface area contributed by atoms with Crippen molar-refractivity contribution in [2.45, 2.75) is 18.9 Å². The van der Waals surface area contributed by atoms with Crippen LogP contribution >= 0.6 is 27.5 Å². The largest absolute Gasteiger partial charge is 0.379 e. The molecule has 15 heavy (non-hydrogen) atoms. The molecule has 0 saturated carbocycles. The van der Waals surface area contributed by atoms with Crippen LogP contribution < -0.4 is 5.32 Å². The van der Waals surface area contributed by atoms with Crippen molar-refractivity contribution < 1.29 is 4.74 Å². The summed E-state index contributed by atoms with van der Waals surface area (Å²) >= 11 is 9.21. The first kappa shape index (κ1) is 11.1. The summed E-state index contributed by atoms with van der Waals surface area (Å²) in [6, 6.07) is 0.306. The Morgan fingerprint density at radius 3 is 3.13 bits per heavy atom. The van der Waals surface area contributed by atoms with Gasteiger partial charge in [0, 0.05) is 6.61 Å².